The highest BCUT2D eigenvalue weighted by atomic mass is 19.1. The molecule has 0 aliphatic rings. The minimum absolute atomic E-state index is 0.254. The molecule has 0 radical (unpaired) electrons. The normalized spacial score (nSPS) is 11.8. The molecular weight excluding hydrogens is 420 g/mol. The molecule has 0 unspecified atom stereocenters. The summed E-state index contributed by atoms with van der Waals surface area (Å²) in [7, 11) is 0. The number of ether oxygens (including phenoxy) is 1. The quantitative estimate of drug-likeness (QED) is 0.229. The maximum Gasteiger partial charge on any atom is 0.331 e. The van der Waals surface area contributed by atoms with E-state index in [1.807, 2.05) is 37.4 Å². The van der Waals surface area contributed by atoms with Gasteiger partial charge in [-0.2, -0.15) is 0 Å². The van der Waals surface area contributed by atoms with Crippen LogP contribution < -0.4 is 0 Å². The molecule has 0 aliphatic carbocycles. The summed E-state index contributed by atoms with van der Waals surface area (Å²) in [5, 5.41) is 1.00. The maximum atomic E-state index is 13.6. The number of rotatable bonds is 7. The summed E-state index contributed by atoms with van der Waals surface area (Å²) in [6, 6.07) is 20.5. The Labute approximate surface area is 191 Å². The molecule has 0 amide bonds. The summed E-state index contributed by atoms with van der Waals surface area (Å²) < 4.78 is 34.4. The largest absolute Gasteiger partial charge is 0.463 e. The molecule has 0 N–H and O–H groups in total. The molecule has 33 heavy (non-hydrogen) atoms. The predicted octanol–water partition coefficient (Wildman–Crippen LogP) is 6.91. The molecule has 0 fully saturated rings. The van der Waals surface area contributed by atoms with E-state index in [0.29, 0.717) is 13.0 Å². The van der Waals surface area contributed by atoms with E-state index >= 15 is 0 Å². The van der Waals surface area contributed by atoms with Crippen LogP contribution in [0.2, 0.25) is 0 Å². The number of halogens is 2. The number of allylic oxidation sites excluding steroid dienone is 1. The zero-order valence-corrected chi connectivity index (χ0v) is 18.6. The highest BCUT2D eigenvalue weighted by molar-refractivity contribution is 5.93. The summed E-state index contributed by atoms with van der Waals surface area (Å²) >= 11 is 0. The topological polar surface area (TPSA) is 31.2 Å². The number of carbonyl (C=O) groups excluding carboxylic acids is 1. The number of esters is 1. The van der Waals surface area contributed by atoms with Crippen LogP contribution in [0.4, 0.5) is 8.78 Å². The Morgan fingerprint density at radius 2 is 1.52 bits per heavy atom. The summed E-state index contributed by atoms with van der Waals surface area (Å²) in [5.74, 6) is -0.960. The molecule has 1 aromatic heterocycles. The van der Waals surface area contributed by atoms with Crippen molar-refractivity contribution in [1.29, 1.82) is 0 Å². The zero-order chi connectivity index (χ0) is 23.4. The third-order valence-corrected chi connectivity index (χ3v) is 5.70. The molecule has 3 aromatic carbocycles. The highest BCUT2D eigenvalue weighted by Gasteiger charge is 2.19. The number of nitrogens with zero attached hydrogens (tertiary/aromatic N) is 1. The summed E-state index contributed by atoms with van der Waals surface area (Å²) in [6.07, 6.45) is 4.22. The molecule has 1 heterocycles. The fraction of sp³-hybridized carbons (Fsp3) is 0.179. The van der Waals surface area contributed by atoms with Gasteiger partial charge in [0.1, 0.15) is 11.6 Å². The SMILES string of the molecule is CCOC(=O)/C=C(\CC)c1ccc2c(ccn2C(c2ccc(F)cc2)c2ccc(F)cc2)c1. The molecule has 5 heteroatoms. The fourth-order valence-electron chi connectivity index (χ4n) is 4.11. The first-order valence-electron chi connectivity index (χ1n) is 11.0. The van der Waals surface area contributed by atoms with Gasteiger partial charge in [0, 0.05) is 23.2 Å². The van der Waals surface area contributed by atoms with Crippen LogP contribution in [0, 0.1) is 11.6 Å². The Kier molecular flexibility index (Phi) is 6.68. The van der Waals surface area contributed by atoms with Gasteiger partial charge in [-0.25, -0.2) is 13.6 Å². The van der Waals surface area contributed by atoms with Crippen LogP contribution in [-0.4, -0.2) is 17.1 Å². The first-order valence-corrected chi connectivity index (χ1v) is 11.0. The van der Waals surface area contributed by atoms with Gasteiger partial charge in [0.2, 0.25) is 0 Å². The van der Waals surface area contributed by atoms with Gasteiger partial charge in [0.25, 0.3) is 0 Å². The Bertz CT molecular complexity index is 1240. The molecule has 0 spiro atoms. The van der Waals surface area contributed by atoms with E-state index in [2.05, 4.69) is 4.57 Å². The van der Waals surface area contributed by atoms with Crippen molar-refractivity contribution in [2.75, 3.05) is 6.61 Å². The van der Waals surface area contributed by atoms with Gasteiger partial charge in [0.15, 0.2) is 0 Å². The van der Waals surface area contributed by atoms with Gasteiger partial charge < -0.3 is 9.30 Å². The number of carbonyl (C=O) groups is 1. The van der Waals surface area contributed by atoms with Crippen molar-refractivity contribution in [2.45, 2.75) is 26.3 Å². The molecule has 4 rings (SSSR count). The predicted molar refractivity (Wildman–Crippen MR) is 127 cm³/mol. The lowest BCUT2D eigenvalue weighted by Gasteiger charge is -2.22. The minimum atomic E-state index is -0.347. The zero-order valence-electron chi connectivity index (χ0n) is 18.6. The smallest absolute Gasteiger partial charge is 0.331 e. The fourth-order valence-corrected chi connectivity index (χ4v) is 4.11. The van der Waals surface area contributed by atoms with Crippen molar-refractivity contribution >= 4 is 22.4 Å². The lowest BCUT2D eigenvalue weighted by molar-refractivity contribution is -0.137. The first kappa shape index (κ1) is 22.5. The lowest BCUT2D eigenvalue weighted by Crippen LogP contribution is -2.11. The third-order valence-electron chi connectivity index (χ3n) is 5.70. The van der Waals surface area contributed by atoms with E-state index in [1.165, 1.54) is 24.3 Å². The van der Waals surface area contributed by atoms with Crippen molar-refractivity contribution in [3.8, 4) is 0 Å². The maximum absolute atomic E-state index is 13.6. The van der Waals surface area contributed by atoms with E-state index in [1.54, 1.807) is 37.3 Å². The van der Waals surface area contributed by atoms with Gasteiger partial charge in [-0.05, 0) is 78.1 Å². The molecule has 0 atom stereocenters. The monoisotopic (exact) mass is 445 g/mol. The number of fused-ring (bicyclic) bond motifs is 1. The number of benzene rings is 3. The average Bonchev–Trinajstić information content (AvgIpc) is 3.23. The van der Waals surface area contributed by atoms with E-state index in [4.69, 9.17) is 4.74 Å². The standard InChI is InChI=1S/C28H25F2NO2/c1-3-19(18-27(32)33-4-2)22-9-14-26-23(17-22)15-16-31(26)28(20-5-10-24(29)11-6-20)21-7-12-25(30)13-8-21/h5-18,28H,3-4H2,1-2H3/b19-18+. The molecular formula is C28H25F2NO2. The van der Waals surface area contributed by atoms with Crippen molar-refractivity contribution in [3.05, 3.63) is 113 Å². The molecule has 4 aromatic rings. The van der Waals surface area contributed by atoms with Crippen LogP contribution in [0.1, 0.15) is 43.0 Å². The van der Waals surface area contributed by atoms with Crippen LogP contribution in [0.3, 0.4) is 0 Å². The lowest BCUT2D eigenvalue weighted by atomic mass is 9.97. The minimum Gasteiger partial charge on any atom is -0.463 e. The first-order chi connectivity index (χ1) is 16.0. The van der Waals surface area contributed by atoms with Crippen LogP contribution in [0.15, 0.2) is 85.1 Å². The third kappa shape index (κ3) is 4.87. The Balaban J connectivity index is 1.80. The second-order valence-corrected chi connectivity index (χ2v) is 7.78. The van der Waals surface area contributed by atoms with Crippen molar-refractivity contribution in [1.82, 2.24) is 4.57 Å². The van der Waals surface area contributed by atoms with Gasteiger partial charge in [-0.15, -0.1) is 0 Å². The summed E-state index contributed by atoms with van der Waals surface area (Å²) in [6.45, 7) is 4.12. The molecule has 168 valence electrons. The number of aromatic nitrogens is 1. The molecule has 0 saturated heterocycles. The van der Waals surface area contributed by atoms with E-state index in [-0.39, 0.29) is 23.6 Å². The van der Waals surface area contributed by atoms with Crippen LogP contribution in [-0.2, 0) is 9.53 Å². The number of hydrogen-bond donors (Lipinski definition) is 0. The summed E-state index contributed by atoms with van der Waals surface area (Å²) in [5.41, 5.74) is 4.61. The Morgan fingerprint density at radius 3 is 2.06 bits per heavy atom. The van der Waals surface area contributed by atoms with Crippen molar-refractivity contribution in [3.63, 3.8) is 0 Å². The Morgan fingerprint density at radius 1 is 0.909 bits per heavy atom. The van der Waals surface area contributed by atoms with Crippen LogP contribution in [0.5, 0.6) is 0 Å². The Hall–Kier alpha value is -3.73. The van der Waals surface area contributed by atoms with Crippen molar-refractivity contribution in [2.24, 2.45) is 0 Å². The molecule has 3 nitrogen and oxygen atoms in total. The molecule has 0 aliphatic heterocycles. The summed E-state index contributed by atoms with van der Waals surface area (Å²) in [4.78, 5) is 11.9. The van der Waals surface area contributed by atoms with Gasteiger partial charge in [0.05, 0.1) is 12.6 Å². The van der Waals surface area contributed by atoms with E-state index < -0.39 is 0 Å². The second-order valence-electron chi connectivity index (χ2n) is 7.78. The van der Waals surface area contributed by atoms with Crippen LogP contribution >= 0.6 is 0 Å². The van der Waals surface area contributed by atoms with Crippen molar-refractivity contribution < 1.29 is 18.3 Å². The van der Waals surface area contributed by atoms with Gasteiger partial charge in [-0.1, -0.05) is 37.3 Å². The average molecular weight is 446 g/mol. The van der Waals surface area contributed by atoms with E-state index in [0.717, 1.165) is 33.2 Å². The van der Waals surface area contributed by atoms with E-state index in [9.17, 15) is 13.6 Å². The van der Waals surface area contributed by atoms with Gasteiger partial charge >= 0.3 is 5.97 Å². The number of hydrogen-bond acceptors (Lipinski definition) is 2. The molecule has 0 bridgehead atoms. The van der Waals surface area contributed by atoms with Gasteiger partial charge in [-0.3, -0.25) is 0 Å². The highest BCUT2D eigenvalue weighted by Crippen LogP contribution is 2.33. The second kappa shape index (κ2) is 9.82. The van der Waals surface area contributed by atoms with Crippen LogP contribution in [0.25, 0.3) is 16.5 Å². The molecule has 0 saturated carbocycles.